The van der Waals surface area contributed by atoms with Crippen molar-refractivity contribution >= 4 is 5.97 Å². The fourth-order valence-corrected chi connectivity index (χ4v) is 1.12. The number of hydrogen-bond acceptors (Lipinski definition) is 4. The van der Waals surface area contributed by atoms with Crippen molar-refractivity contribution in [1.29, 1.82) is 0 Å². The van der Waals surface area contributed by atoms with Gasteiger partial charge in [0, 0.05) is 26.0 Å². The van der Waals surface area contributed by atoms with Crippen molar-refractivity contribution in [3.05, 3.63) is 0 Å². The van der Waals surface area contributed by atoms with E-state index in [1.54, 1.807) is 0 Å². The van der Waals surface area contributed by atoms with Crippen molar-refractivity contribution in [2.45, 2.75) is 19.6 Å². The van der Waals surface area contributed by atoms with Gasteiger partial charge >= 0.3 is 5.97 Å². The second kappa shape index (κ2) is 3.69. The van der Waals surface area contributed by atoms with Gasteiger partial charge in [-0.2, -0.15) is 0 Å². The lowest BCUT2D eigenvalue weighted by Gasteiger charge is -2.36. The molecule has 1 aliphatic rings. The minimum Gasteiger partial charge on any atom is -0.446 e. The summed E-state index contributed by atoms with van der Waals surface area (Å²) in [5, 5.41) is 11.5. The van der Waals surface area contributed by atoms with Crippen LogP contribution in [0.15, 0.2) is 0 Å². The first-order valence-electron chi connectivity index (χ1n) is 3.75. The molecule has 2 N–H and O–H groups in total. The molecule has 0 bridgehead atoms. The zero-order valence-corrected chi connectivity index (χ0v) is 6.54. The Morgan fingerprint density at radius 3 is 2.91 bits per heavy atom. The standard InChI is InChI=1S/C7H13NO3/c1-5(10)11-7-6(2-3-9)4-8-7/h6-9H,2-4H2,1H3. The lowest BCUT2D eigenvalue weighted by molar-refractivity contribution is -0.158. The summed E-state index contributed by atoms with van der Waals surface area (Å²) in [5.41, 5.74) is 0. The van der Waals surface area contributed by atoms with E-state index < -0.39 is 0 Å². The zero-order chi connectivity index (χ0) is 8.27. The van der Waals surface area contributed by atoms with Crippen LogP contribution in [0, 0.1) is 5.92 Å². The number of rotatable bonds is 3. The fraction of sp³-hybridized carbons (Fsp3) is 0.857. The van der Waals surface area contributed by atoms with Crippen molar-refractivity contribution in [2.75, 3.05) is 13.2 Å². The average molecular weight is 159 g/mol. The molecule has 4 nitrogen and oxygen atoms in total. The van der Waals surface area contributed by atoms with E-state index in [0.717, 1.165) is 6.54 Å². The summed E-state index contributed by atoms with van der Waals surface area (Å²) in [5.74, 6) is 0.0223. The van der Waals surface area contributed by atoms with Gasteiger partial charge in [-0.05, 0) is 6.42 Å². The average Bonchev–Trinajstić information content (AvgIpc) is 1.93. The first kappa shape index (κ1) is 8.49. The maximum Gasteiger partial charge on any atom is 0.304 e. The van der Waals surface area contributed by atoms with E-state index in [1.165, 1.54) is 6.92 Å². The van der Waals surface area contributed by atoms with Gasteiger partial charge in [-0.15, -0.1) is 0 Å². The Balaban J connectivity index is 2.20. The van der Waals surface area contributed by atoms with Crippen LogP contribution in [0.4, 0.5) is 0 Å². The van der Waals surface area contributed by atoms with Crippen LogP contribution in [0.3, 0.4) is 0 Å². The van der Waals surface area contributed by atoms with Crippen molar-refractivity contribution < 1.29 is 14.6 Å². The highest BCUT2D eigenvalue weighted by Gasteiger charge is 2.31. The van der Waals surface area contributed by atoms with Gasteiger partial charge in [0.2, 0.25) is 0 Å². The number of aliphatic hydroxyl groups is 1. The highest BCUT2D eigenvalue weighted by atomic mass is 16.6. The van der Waals surface area contributed by atoms with E-state index in [9.17, 15) is 4.79 Å². The van der Waals surface area contributed by atoms with Gasteiger partial charge < -0.3 is 9.84 Å². The molecular weight excluding hydrogens is 146 g/mol. The maximum atomic E-state index is 10.5. The van der Waals surface area contributed by atoms with E-state index >= 15 is 0 Å². The van der Waals surface area contributed by atoms with Gasteiger partial charge in [0.05, 0.1) is 0 Å². The molecule has 0 amide bonds. The summed E-state index contributed by atoms with van der Waals surface area (Å²) in [6, 6.07) is 0. The Bertz CT molecular complexity index is 149. The van der Waals surface area contributed by atoms with E-state index in [1.807, 2.05) is 0 Å². The Hall–Kier alpha value is -0.610. The summed E-state index contributed by atoms with van der Waals surface area (Å²) < 4.78 is 4.89. The molecule has 0 aliphatic carbocycles. The molecule has 11 heavy (non-hydrogen) atoms. The van der Waals surface area contributed by atoms with Crippen molar-refractivity contribution in [2.24, 2.45) is 5.92 Å². The third kappa shape index (κ3) is 2.17. The van der Waals surface area contributed by atoms with Crippen LogP contribution >= 0.6 is 0 Å². The van der Waals surface area contributed by atoms with Crippen LogP contribution < -0.4 is 5.32 Å². The lowest BCUT2D eigenvalue weighted by Crippen LogP contribution is -2.55. The van der Waals surface area contributed by atoms with E-state index in [4.69, 9.17) is 9.84 Å². The van der Waals surface area contributed by atoms with Gasteiger partial charge in [0.15, 0.2) is 6.23 Å². The summed E-state index contributed by atoms with van der Waals surface area (Å²) in [6.45, 7) is 2.37. The highest BCUT2D eigenvalue weighted by molar-refractivity contribution is 5.66. The molecule has 0 aromatic heterocycles. The lowest BCUT2D eigenvalue weighted by atomic mass is 9.97. The molecule has 2 unspecified atom stereocenters. The normalized spacial score (nSPS) is 29.3. The molecule has 4 heteroatoms. The second-order valence-electron chi connectivity index (χ2n) is 2.71. The van der Waals surface area contributed by atoms with Gasteiger partial charge in [0.25, 0.3) is 0 Å². The number of hydrogen-bond donors (Lipinski definition) is 2. The third-order valence-electron chi connectivity index (χ3n) is 1.80. The van der Waals surface area contributed by atoms with Crippen LogP contribution in [-0.4, -0.2) is 30.5 Å². The van der Waals surface area contributed by atoms with Crippen LogP contribution in [0.2, 0.25) is 0 Å². The van der Waals surface area contributed by atoms with E-state index in [0.29, 0.717) is 12.3 Å². The molecule has 0 spiro atoms. The molecule has 1 saturated heterocycles. The number of carbonyl (C=O) groups is 1. The first-order chi connectivity index (χ1) is 5.24. The number of ether oxygens (including phenoxy) is 1. The Morgan fingerprint density at radius 1 is 1.82 bits per heavy atom. The van der Waals surface area contributed by atoms with Gasteiger partial charge in [0.1, 0.15) is 0 Å². The predicted molar refractivity (Wildman–Crippen MR) is 38.7 cm³/mol. The van der Waals surface area contributed by atoms with Crippen LogP contribution in [-0.2, 0) is 9.53 Å². The van der Waals surface area contributed by atoms with E-state index in [-0.39, 0.29) is 18.8 Å². The van der Waals surface area contributed by atoms with Crippen molar-refractivity contribution in [3.63, 3.8) is 0 Å². The van der Waals surface area contributed by atoms with Crippen LogP contribution in [0.25, 0.3) is 0 Å². The van der Waals surface area contributed by atoms with E-state index in [2.05, 4.69) is 5.32 Å². The topological polar surface area (TPSA) is 58.6 Å². The molecule has 2 atom stereocenters. The number of carbonyl (C=O) groups excluding carboxylic acids is 1. The molecule has 1 fully saturated rings. The molecular formula is C7H13NO3. The molecule has 0 saturated carbocycles. The van der Waals surface area contributed by atoms with Gasteiger partial charge in [-0.3, -0.25) is 10.1 Å². The first-order valence-corrected chi connectivity index (χ1v) is 3.75. The molecule has 1 heterocycles. The molecule has 64 valence electrons. The Morgan fingerprint density at radius 2 is 2.55 bits per heavy atom. The number of aliphatic hydroxyl groups excluding tert-OH is 1. The smallest absolute Gasteiger partial charge is 0.304 e. The summed E-state index contributed by atoms with van der Waals surface area (Å²) >= 11 is 0. The predicted octanol–water partition coefficient (Wildman–Crippen LogP) is -0.523. The SMILES string of the molecule is CC(=O)OC1NCC1CCO. The molecule has 0 aromatic rings. The van der Waals surface area contributed by atoms with Gasteiger partial charge in [-0.1, -0.05) is 0 Å². The molecule has 0 radical (unpaired) electrons. The van der Waals surface area contributed by atoms with Crippen molar-refractivity contribution in [3.8, 4) is 0 Å². The number of nitrogens with one attached hydrogen (secondary N) is 1. The van der Waals surface area contributed by atoms with Gasteiger partial charge in [-0.25, -0.2) is 0 Å². The number of esters is 1. The Kier molecular flexibility index (Phi) is 2.84. The largest absolute Gasteiger partial charge is 0.446 e. The molecule has 1 rings (SSSR count). The van der Waals surface area contributed by atoms with Crippen LogP contribution in [0.5, 0.6) is 0 Å². The van der Waals surface area contributed by atoms with Crippen LogP contribution in [0.1, 0.15) is 13.3 Å². The third-order valence-corrected chi connectivity index (χ3v) is 1.80. The second-order valence-corrected chi connectivity index (χ2v) is 2.71. The summed E-state index contributed by atoms with van der Waals surface area (Å²) in [4.78, 5) is 10.5. The molecule has 0 aromatic carbocycles. The zero-order valence-electron chi connectivity index (χ0n) is 6.54. The minimum atomic E-state index is -0.273. The molecule has 1 aliphatic heterocycles. The van der Waals surface area contributed by atoms with Crippen molar-refractivity contribution in [1.82, 2.24) is 5.32 Å². The quantitative estimate of drug-likeness (QED) is 0.544. The Labute approximate surface area is 65.5 Å². The highest BCUT2D eigenvalue weighted by Crippen LogP contribution is 2.17. The monoisotopic (exact) mass is 159 g/mol. The maximum absolute atomic E-state index is 10.5. The summed E-state index contributed by atoms with van der Waals surface area (Å²) in [6.07, 6.45) is 0.532. The summed E-state index contributed by atoms with van der Waals surface area (Å²) in [7, 11) is 0. The minimum absolute atomic E-state index is 0.157. The fourth-order valence-electron chi connectivity index (χ4n) is 1.12.